The summed E-state index contributed by atoms with van der Waals surface area (Å²) in [7, 11) is 2.06. The Labute approximate surface area is 109 Å². The van der Waals surface area contributed by atoms with Gasteiger partial charge in [0.2, 0.25) is 0 Å². The van der Waals surface area contributed by atoms with Gasteiger partial charge in [-0.1, -0.05) is 37.3 Å². The second-order valence-corrected chi connectivity index (χ2v) is 5.13. The van der Waals surface area contributed by atoms with E-state index in [0.717, 1.165) is 18.7 Å². The summed E-state index contributed by atoms with van der Waals surface area (Å²) in [6, 6.07) is 13.1. The summed E-state index contributed by atoms with van der Waals surface area (Å²) in [5, 5.41) is 13.2. The lowest BCUT2D eigenvalue weighted by Crippen LogP contribution is -2.50. The summed E-state index contributed by atoms with van der Waals surface area (Å²) in [5.41, 5.74) is 0.493. The molecule has 1 atom stereocenters. The first-order valence-corrected chi connectivity index (χ1v) is 6.63. The number of hydrogen-bond acceptors (Lipinski definition) is 3. The minimum atomic E-state index is -0.576. The second-order valence-electron chi connectivity index (χ2n) is 5.13. The van der Waals surface area contributed by atoms with E-state index in [-0.39, 0.29) is 0 Å². The van der Waals surface area contributed by atoms with E-state index in [9.17, 15) is 5.26 Å². The smallest absolute Gasteiger partial charge is 0.145 e. The zero-order valence-electron chi connectivity index (χ0n) is 11.2. The first kappa shape index (κ1) is 13.1. The topological polar surface area (TPSA) is 39.1 Å². The van der Waals surface area contributed by atoms with Gasteiger partial charge in [-0.3, -0.25) is 5.32 Å². The predicted molar refractivity (Wildman–Crippen MR) is 73.1 cm³/mol. The van der Waals surface area contributed by atoms with E-state index in [1.807, 2.05) is 30.3 Å². The molecule has 1 aliphatic rings. The summed E-state index contributed by atoms with van der Waals surface area (Å²) in [4.78, 5) is 2.19. The predicted octanol–water partition coefficient (Wildman–Crippen LogP) is 2.11. The van der Waals surface area contributed by atoms with Gasteiger partial charge in [0.05, 0.1) is 6.07 Å². The van der Waals surface area contributed by atoms with Crippen LogP contribution >= 0.6 is 0 Å². The quantitative estimate of drug-likeness (QED) is 0.831. The Morgan fingerprint density at radius 3 is 2.56 bits per heavy atom. The second kappa shape index (κ2) is 5.51. The van der Waals surface area contributed by atoms with Crippen molar-refractivity contribution in [1.29, 1.82) is 5.26 Å². The van der Waals surface area contributed by atoms with E-state index in [0.29, 0.717) is 6.04 Å². The van der Waals surface area contributed by atoms with Gasteiger partial charge in [0, 0.05) is 12.6 Å². The van der Waals surface area contributed by atoms with E-state index in [2.05, 4.69) is 30.3 Å². The largest absolute Gasteiger partial charge is 0.303 e. The van der Waals surface area contributed by atoms with Crippen LogP contribution in [-0.4, -0.2) is 31.1 Å². The van der Waals surface area contributed by atoms with Gasteiger partial charge in [0.1, 0.15) is 5.54 Å². The molecule has 3 heteroatoms. The van der Waals surface area contributed by atoms with E-state index < -0.39 is 5.54 Å². The number of hydrogen-bond donors (Lipinski definition) is 1. The van der Waals surface area contributed by atoms with Crippen LogP contribution in [0, 0.1) is 11.3 Å². The molecule has 0 aliphatic heterocycles. The Bertz CT molecular complexity index is 419. The van der Waals surface area contributed by atoms with Gasteiger partial charge in [-0.05, 0) is 32.0 Å². The average molecular weight is 243 g/mol. The lowest BCUT2D eigenvalue weighted by atomic mass is 9.90. The van der Waals surface area contributed by atoms with Crippen LogP contribution in [-0.2, 0) is 5.54 Å². The fourth-order valence-electron chi connectivity index (χ4n) is 2.17. The van der Waals surface area contributed by atoms with E-state index in [1.54, 1.807) is 0 Å². The van der Waals surface area contributed by atoms with Gasteiger partial charge in [0.15, 0.2) is 0 Å². The molecule has 0 bridgehead atoms. The van der Waals surface area contributed by atoms with Gasteiger partial charge in [-0.15, -0.1) is 0 Å². The van der Waals surface area contributed by atoms with Crippen molar-refractivity contribution < 1.29 is 0 Å². The fraction of sp³-hybridized carbons (Fsp3) is 0.533. The van der Waals surface area contributed by atoms with Gasteiger partial charge in [0.25, 0.3) is 0 Å². The zero-order chi connectivity index (χ0) is 13.0. The molecule has 0 spiro atoms. The molecule has 0 heterocycles. The molecule has 2 rings (SSSR count). The van der Waals surface area contributed by atoms with Gasteiger partial charge >= 0.3 is 0 Å². The Hall–Kier alpha value is -1.37. The van der Waals surface area contributed by atoms with Crippen molar-refractivity contribution in [1.82, 2.24) is 10.2 Å². The third-order valence-corrected chi connectivity index (χ3v) is 3.53. The van der Waals surface area contributed by atoms with Gasteiger partial charge in [-0.25, -0.2) is 0 Å². The Balaban J connectivity index is 2.27. The highest BCUT2D eigenvalue weighted by atomic mass is 15.2. The number of nitrogens with zero attached hydrogens (tertiary/aromatic N) is 2. The summed E-state index contributed by atoms with van der Waals surface area (Å²) in [6.45, 7) is 3.79. The summed E-state index contributed by atoms with van der Waals surface area (Å²) in [6.07, 6.45) is 2.37. The Kier molecular flexibility index (Phi) is 4.00. The lowest BCUT2D eigenvalue weighted by Gasteiger charge is -2.32. The normalized spacial score (nSPS) is 18.3. The van der Waals surface area contributed by atoms with Crippen molar-refractivity contribution in [2.45, 2.75) is 31.3 Å². The van der Waals surface area contributed by atoms with Crippen LogP contribution in [0.1, 0.15) is 25.3 Å². The SMILES string of the molecule is CCN(C)CC(C#N)(NC1CC1)c1ccccc1. The molecule has 0 aromatic heterocycles. The van der Waals surface area contributed by atoms with Crippen LogP contribution in [0.4, 0.5) is 0 Å². The maximum absolute atomic E-state index is 9.71. The molecule has 3 nitrogen and oxygen atoms in total. The van der Waals surface area contributed by atoms with Crippen molar-refractivity contribution in [2.75, 3.05) is 20.1 Å². The van der Waals surface area contributed by atoms with Crippen LogP contribution in [0.3, 0.4) is 0 Å². The first-order valence-electron chi connectivity index (χ1n) is 6.63. The third kappa shape index (κ3) is 2.90. The van der Waals surface area contributed by atoms with Crippen LogP contribution in [0.5, 0.6) is 0 Å². The Morgan fingerprint density at radius 1 is 1.39 bits per heavy atom. The van der Waals surface area contributed by atoms with Crippen molar-refractivity contribution >= 4 is 0 Å². The van der Waals surface area contributed by atoms with Crippen LogP contribution < -0.4 is 5.32 Å². The highest BCUT2D eigenvalue weighted by Gasteiger charge is 2.38. The third-order valence-electron chi connectivity index (χ3n) is 3.53. The highest BCUT2D eigenvalue weighted by Crippen LogP contribution is 2.29. The monoisotopic (exact) mass is 243 g/mol. The van der Waals surface area contributed by atoms with Crippen LogP contribution in [0.15, 0.2) is 30.3 Å². The maximum atomic E-state index is 9.71. The molecule has 1 fully saturated rings. The molecule has 1 N–H and O–H groups in total. The molecule has 0 amide bonds. The summed E-state index contributed by atoms with van der Waals surface area (Å²) >= 11 is 0. The average Bonchev–Trinajstić information content (AvgIpc) is 3.22. The van der Waals surface area contributed by atoms with Crippen molar-refractivity contribution in [2.24, 2.45) is 0 Å². The fourth-order valence-corrected chi connectivity index (χ4v) is 2.17. The summed E-state index contributed by atoms with van der Waals surface area (Å²) < 4.78 is 0. The zero-order valence-corrected chi connectivity index (χ0v) is 11.2. The molecular formula is C15H21N3. The van der Waals surface area contributed by atoms with Crippen molar-refractivity contribution in [3.63, 3.8) is 0 Å². The van der Waals surface area contributed by atoms with E-state index in [4.69, 9.17) is 0 Å². The molecule has 0 radical (unpaired) electrons. The van der Waals surface area contributed by atoms with E-state index >= 15 is 0 Å². The maximum Gasteiger partial charge on any atom is 0.145 e. The molecular weight excluding hydrogens is 222 g/mol. The molecule has 96 valence electrons. The highest BCUT2D eigenvalue weighted by molar-refractivity contribution is 5.32. The molecule has 1 saturated carbocycles. The number of likely N-dealkylation sites (N-methyl/N-ethyl adjacent to an activating group) is 1. The van der Waals surface area contributed by atoms with Crippen molar-refractivity contribution in [3.05, 3.63) is 35.9 Å². The first-order chi connectivity index (χ1) is 8.70. The molecule has 18 heavy (non-hydrogen) atoms. The van der Waals surface area contributed by atoms with E-state index in [1.165, 1.54) is 12.8 Å². The van der Waals surface area contributed by atoms with Crippen LogP contribution in [0.25, 0.3) is 0 Å². The Morgan fingerprint density at radius 2 is 2.06 bits per heavy atom. The number of nitrogens with one attached hydrogen (secondary N) is 1. The van der Waals surface area contributed by atoms with Gasteiger partial charge < -0.3 is 4.90 Å². The van der Waals surface area contributed by atoms with Crippen LogP contribution in [0.2, 0.25) is 0 Å². The minimum absolute atomic E-state index is 0.509. The number of benzene rings is 1. The molecule has 1 aromatic rings. The summed E-state index contributed by atoms with van der Waals surface area (Å²) in [5.74, 6) is 0. The number of nitriles is 1. The van der Waals surface area contributed by atoms with Crippen molar-refractivity contribution in [3.8, 4) is 6.07 Å². The lowest BCUT2D eigenvalue weighted by molar-refractivity contribution is 0.257. The number of rotatable bonds is 6. The standard InChI is InChI=1S/C15H21N3/c1-3-18(2)12-15(11-16,17-14-9-10-14)13-7-5-4-6-8-13/h4-8,14,17H,3,9-10,12H2,1-2H3. The molecule has 1 unspecified atom stereocenters. The van der Waals surface area contributed by atoms with Gasteiger partial charge in [-0.2, -0.15) is 5.26 Å². The molecule has 0 saturated heterocycles. The molecule has 1 aromatic carbocycles. The minimum Gasteiger partial charge on any atom is -0.303 e. The molecule has 1 aliphatic carbocycles.